The van der Waals surface area contributed by atoms with Crippen LogP contribution in [-0.2, 0) is 6.42 Å². The maximum absolute atomic E-state index is 6.10. The Morgan fingerprint density at radius 2 is 2.15 bits per heavy atom. The number of halogens is 2. The van der Waals surface area contributed by atoms with Gasteiger partial charge in [-0.2, -0.15) is 0 Å². The van der Waals surface area contributed by atoms with Gasteiger partial charge in [0.25, 0.3) is 0 Å². The van der Waals surface area contributed by atoms with Crippen LogP contribution in [0.15, 0.2) is 22.6 Å². The summed E-state index contributed by atoms with van der Waals surface area (Å²) >= 11 is 8.28. The van der Waals surface area contributed by atoms with Crippen LogP contribution in [0.3, 0.4) is 0 Å². The van der Waals surface area contributed by atoms with Gasteiger partial charge in [0.15, 0.2) is 0 Å². The van der Waals surface area contributed by atoms with Crippen LogP contribution in [0.2, 0.25) is 5.02 Å². The number of benzene rings is 1. The number of aromatic nitrogens is 2. The van der Waals surface area contributed by atoms with Crippen LogP contribution in [0, 0.1) is 3.57 Å². The average Bonchev–Trinajstić information content (AvgIpc) is 2.86. The molecule has 0 aliphatic heterocycles. The van der Waals surface area contributed by atoms with E-state index in [0.717, 1.165) is 28.5 Å². The van der Waals surface area contributed by atoms with E-state index in [1.54, 1.807) is 0 Å². The van der Waals surface area contributed by atoms with E-state index in [4.69, 9.17) is 16.0 Å². The van der Waals surface area contributed by atoms with E-state index in [2.05, 4.69) is 52.0 Å². The summed E-state index contributed by atoms with van der Waals surface area (Å²) < 4.78 is 6.67. The lowest BCUT2D eigenvalue weighted by Crippen LogP contribution is -2.23. The van der Waals surface area contributed by atoms with Crippen LogP contribution in [0.25, 0.3) is 11.5 Å². The minimum absolute atomic E-state index is 0.502. The van der Waals surface area contributed by atoms with Gasteiger partial charge >= 0.3 is 0 Å². The minimum Gasteiger partial charge on any atom is -0.421 e. The summed E-state index contributed by atoms with van der Waals surface area (Å²) in [6.07, 6.45) is 1.76. The third kappa shape index (κ3) is 4.43. The van der Waals surface area contributed by atoms with Crippen molar-refractivity contribution in [2.45, 2.75) is 32.7 Å². The quantitative estimate of drug-likeness (QED) is 0.584. The molecule has 0 saturated carbocycles. The Labute approximate surface area is 137 Å². The fourth-order valence-corrected chi connectivity index (χ4v) is 2.25. The minimum atomic E-state index is 0.502. The Morgan fingerprint density at radius 3 is 2.85 bits per heavy atom. The van der Waals surface area contributed by atoms with Crippen molar-refractivity contribution in [1.82, 2.24) is 15.5 Å². The summed E-state index contributed by atoms with van der Waals surface area (Å²) in [6.45, 7) is 5.21. The molecule has 6 heteroatoms. The summed E-state index contributed by atoms with van der Waals surface area (Å²) in [4.78, 5) is 0. The first-order valence-corrected chi connectivity index (χ1v) is 8.03. The summed E-state index contributed by atoms with van der Waals surface area (Å²) in [5.74, 6) is 1.19. The molecular formula is C14H17ClIN3O. The molecule has 4 nitrogen and oxygen atoms in total. The predicted octanol–water partition coefficient (Wildman–Crippen LogP) is 3.93. The van der Waals surface area contributed by atoms with Crippen molar-refractivity contribution >= 4 is 34.2 Å². The lowest BCUT2D eigenvalue weighted by Gasteiger charge is -2.05. The number of hydrogen-bond acceptors (Lipinski definition) is 4. The van der Waals surface area contributed by atoms with Crippen molar-refractivity contribution in [3.63, 3.8) is 0 Å². The predicted molar refractivity (Wildman–Crippen MR) is 88.9 cm³/mol. The van der Waals surface area contributed by atoms with E-state index in [0.29, 0.717) is 22.8 Å². The number of rotatable bonds is 6. The fraction of sp³-hybridized carbons (Fsp3) is 0.429. The van der Waals surface area contributed by atoms with Crippen LogP contribution in [0.1, 0.15) is 26.2 Å². The van der Waals surface area contributed by atoms with E-state index in [9.17, 15) is 0 Å². The fourth-order valence-electron chi connectivity index (χ4n) is 1.73. The monoisotopic (exact) mass is 405 g/mol. The number of nitrogens with one attached hydrogen (secondary N) is 1. The van der Waals surface area contributed by atoms with E-state index >= 15 is 0 Å². The molecule has 1 heterocycles. The van der Waals surface area contributed by atoms with Gasteiger partial charge in [-0.05, 0) is 53.8 Å². The van der Waals surface area contributed by atoms with Gasteiger partial charge in [-0.3, -0.25) is 0 Å². The van der Waals surface area contributed by atoms with Crippen molar-refractivity contribution in [3.05, 3.63) is 32.7 Å². The molecule has 0 aliphatic carbocycles. The van der Waals surface area contributed by atoms with Crippen LogP contribution >= 0.6 is 34.2 Å². The van der Waals surface area contributed by atoms with Crippen molar-refractivity contribution in [2.24, 2.45) is 0 Å². The highest BCUT2D eigenvalue weighted by Gasteiger charge is 2.10. The molecule has 2 rings (SSSR count). The van der Waals surface area contributed by atoms with Crippen molar-refractivity contribution in [3.8, 4) is 11.5 Å². The largest absolute Gasteiger partial charge is 0.421 e. The summed E-state index contributed by atoms with van der Waals surface area (Å²) in [7, 11) is 0. The van der Waals surface area contributed by atoms with Crippen molar-refractivity contribution < 1.29 is 4.42 Å². The highest BCUT2D eigenvalue weighted by Crippen LogP contribution is 2.25. The third-order valence-electron chi connectivity index (χ3n) is 2.75. The van der Waals surface area contributed by atoms with Gasteiger partial charge in [0.05, 0.1) is 5.02 Å². The molecule has 0 fully saturated rings. The summed E-state index contributed by atoms with van der Waals surface area (Å²) in [5, 5.41) is 12.2. The molecule has 0 amide bonds. The van der Waals surface area contributed by atoms with E-state index in [1.807, 2.05) is 18.2 Å². The molecule has 0 radical (unpaired) electrons. The van der Waals surface area contributed by atoms with E-state index in [1.165, 1.54) is 0 Å². The first kappa shape index (κ1) is 15.7. The van der Waals surface area contributed by atoms with Gasteiger partial charge < -0.3 is 9.73 Å². The third-order valence-corrected chi connectivity index (χ3v) is 4.33. The standard InChI is InChI=1S/C14H17ClIN3O/c1-9(2)17-7-3-4-13-18-19-14(20-13)10-5-6-12(16)11(15)8-10/h5-6,8-9,17H,3-4,7H2,1-2H3. The van der Waals surface area contributed by atoms with Gasteiger partial charge in [-0.15, -0.1) is 10.2 Å². The van der Waals surface area contributed by atoms with E-state index in [-0.39, 0.29) is 0 Å². The maximum Gasteiger partial charge on any atom is 0.247 e. The second-order valence-corrected chi connectivity index (χ2v) is 6.41. The molecule has 0 unspecified atom stereocenters. The zero-order chi connectivity index (χ0) is 14.5. The molecule has 0 spiro atoms. The molecule has 0 aliphatic rings. The Balaban J connectivity index is 1.96. The summed E-state index contributed by atoms with van der Waals surface area (Å²) in [5.41, 5.74) is 0.856. The molecule has 20 heavy (non-hydrogen) atoms. The highest BCUT2D eigenvalue weighted by molar-refractivity contribution is 14.1. The van der Waals surface area contributed by atoms with Crippen molar-refractivity contribution in [1.29, 1.82) is 0 Å². The highest BCUT2D eigenvalue weighted by atomic mass is 127. The SMILES string of the molecule is CC(C)NCCCc1nnc(-c2ccc(I)c(Cl)c2)o1. The molecule has 1 aromatic carbocycles. The molecule has 0 atom stereocenters. The molecule has 2 aromatic rings. The Bertz CT molecular complexity index is 571. The van der Waals surface area contributed by atoms with Gasteiger partial charge in [0.1, 0.15) is 0 Å². The number of hydrogen-bond donors (Lipinski definition) is 1. The molecule has 1 aromatic heterocycles. The Hall–Kier alpha value is -0.660. The first-order valence-electron chi connectivity index (χ1n) is 6.57. The second-order valence-electron chi connectivity index (χ2n) is 4.84. The smallest absolute Gasteiger partial charge is 0.247 e. The second kappa shape index (κ2) is 7.38. The Kier molecular flexibility index (Phi) is 5.80. The van der Waals surface area contributed by atoms with Crippen molar-refractivity contribution in [2.75, 3.05) is 6.54 Å². The molecule has 108 valence electrons. The summed E-state index contributed by atoms with van der Waals surface area (Å²) in [6, 6.07) is 6.23. The number of nitrogens with zero attached hydrogens (tertiary/aromatic N) is 2. The molecule has 0 bridgehead atoms. The van der Waals surface area contributed by atoms with Gasteiger partial charge in [-0.1, -0.05) is 25.4 Å². The van der Waals surface area contributed by atoms with Gasteiger partial charge in [-0.25, -0.2) is 0 Å². The van der Waals surface area contributed by atoms with Crippen LogP contribution in [0.4, 0.5) is 0 Å². The topological polar surface area (TPSA) is 51.0 Å². The molecule has 0 saturated heterocycles. The zero-order valence-corrected chi connectivity index (χ0v) is 14.4. The maximum atomic E-state index is 6.10. The average molecular weight is 406 g/mol. The zero-order valence-electron chi connectivity index (χ0n) is 11.5. The lowest BCUT2D eigenvalue weighted by molar-refractivity contribution is 0.484. The molecule has 1 N–H and O–H groups in total. The Morgan fingerprint density at radius 1 is 1.35 bits per heavy atom. The van der Waals surface area contributed by atoms with Crippen LogP contribution < -0.4 is 5.32 Å². The van der Waals surface area contributed by atoms with Crippen LogP contribution in [0.5, 0.6) is 0 Å². The van der Waals surface area contributed by atoms with Crippen LogP contribution in [-0.4, -0.2) is 22.8 Å². The first-order chi connectivity index (χ1) is 9.56. The van der Waals surface area contributed by atoms with Gasteiger partial charge in [0.2, 0.25) is 11.8 Å². The normalized spacial score (nSPS) is 11.2. The van der Waals surface area contributed by atoms with Gasteiger partial charge in [0, 0.05) is 21.6 Å². The lowest BCUT2D eigenvalue weighted by atomic mass is 10.2. The number of aryl methyl sites for hydroxylation is 1. The van der Waals surface area contributed by atoms with E-state index < -0.39 is 0 Å². The molecular weight excluding hydrogens is 389 g/mol.